The molecular weight excluding hydrogens is 441 g/mol. The average Bonchev–Trinajstić information content (AvgIpc) is 3.06. The highest BCUT2D eigenvalue weighted by Crippen LogP contribution is 2.17. The van der Waals surface area contributed by atoms with Gasteiger partial charge in [0.1, 0.15) is 0 Å². The maximum absolute atomic E-state index is 11.8. The molecule has 2 unspecified atom stereocenters. The molecule has 0 radical (unpaired) electrons. The Morgan fingerprint density at radius 1 is 1.23 bits per heavy atom. The molecule has 1 aliphatic heterocycles. The predicted octanol–water partition coefficient (Wildman–Crippen LogP) is 2.54. The number of nitrogens with zero attached hydrogens (tertiary/aromatic N) is 3. The Bertz CT molecular complexity index is 426. The molecule has 1 aliphatic rings. The molecule has 0 aliphatic carbocycles. The van der Waals surface area contributed by atoms with Crippen molar-refractivity contribution in [3.05, 3.63) is 0 Å². The number of halogens is 1. The monoisotopic (exact) mass is 481 g/mol. The number of hydrogen-bond donors (Lipinski definition) is 2. The standard InChI is InChI=1S/C19H39N5O.HI/c1-7-15(8-2)17(23(5)6)13-21-19(20-10-4)22-16-11-12-24(14-16)18(25)9-3;/h15-17H,7-14H2,1-6H3,(H2,20,21,22);1H. The Kier molecular flexibility index (Phi) is 13.3. The summed E-state index contributed by atoms with van der Waals surface area (Å²) in [5.74, 6) is 1.77. The largest absolute Gasteiger partial charge is 0.357 e. The molecule has 0 spiro atoms. The van der Waals surface area contributed by atoms with E-state index in [1.54, 1.807) is 0 Å². The lowest BCUT2D eigenvalue weighted by molar-refractivity contribution is -0.129. The van der Waals surface area contributed by atoms with Gasteiger partial charge in [-0.15, -0.1) is 24.0 Å². The minimum Gasteiger partial charge on any atom is -0.357 e. The van der Waals surface area contributed by atoms with E-state index in [0.29, 0.717) is 24.4 Å². The Hall–Kier alpha value is -0.570. The number of likely N-dealkylation sites (N-methyl/N-ethyl adjacent to an activating group) is 1. The van der Waals surface area contributed by atoms with Crippen LogP contribution in [0.1, 0.15) is 53.4 Å². The van der Waals surface area contributed by atoms with Crippen LogP contribution in [-0.2, 0) is 4.79 Å². The van der Waals surface area contributed by atoms with Gasteiger partial charge in [0.15, 0.2) is 5.96 Å². The van der Waals surface area contributed by atoms with E-state index in [-0.39, 0.29) is 29.9 Å². The number of hydrogen-bond acceptors (Lipinski definition) is 3. The first kappa shape index (κ1) is 25.4. The number of amides is 1. The molecule has 1 amide bonds. The van der Waals surface area contributed by atoms with Crippen molar-refractivity contribution < 1.29 is 4.79 Å². The maximum Gasteiger partial charge on any atom is 0.222 e. The third kappa shape index (κ3) is 7.98. The Morgan fingerprint density at radius 3 is 2.38 bits per heavy atom. The van der Waals surface area contributed by atoms with Crippen LogP contribution in [0.15, 0.2) is 4.99 Å². The number of carbonyl (C=O) groups is 1. The quantitative estimate of drug-likeness (QED) is 0.302. The molecule has 1 rings (SSSR count). The number of guanidine groups is 1. The van der Waals surface area contributed by atoms with Crippen LogP contribution in [0.4, 0.5) is 0 Å². The number of nitrogens with one attached hydrogen (secondary N) is 2. The van der Waals surface area contributed by atoms with Gasteiger partial charge in [0.25, 0.3) is 0 Å². The molecule has 7 heteroatoms. The second kappa shape index (κ2) is 13.6. The Morgan fingerprint density at radius 2 is 1.88 bits per heavy atom. The van der Waals surface area contributed by atoms with Crippen molar-refractivity contribution >= 4 is 35.8 Å². The summed E-state index contributed by atoms with van der Waals surface area (Å²) >= 11 is 0. The lowest BCUT2D eigenvalue weighted by Gasteiger charge is -2.30. The molecule has 1 heterocycles. The summed E-state index contributed by atoms with van der Waals surface area (Å²) in [5, 5.41) is 6.88. The van der Waals surface area contributed by atoms with Crippen molar-refractivity contribution in [2.24, 2.45) is 10.9 Å². The molecule has 0 aromatic rings. The number of likely N-dealkylation sites (tertiary alicyclic amines) is 1. The first-order chi connectivity index (χ1) is 12.0. The summed E-state index contributed by atoms with van der Waals surface area (Å²) < 4.78 is 0. The molecule has 2 N–H and O–H groups in total. The minimum absolute atomic E-state index is 0. The van der Waals surface area contributed by atoms with Gasteiger partial charge in [0, 0.05) is 38.1 Å². The van der Waals surface area contributed by atoms with E-state index in [0.717, 1.165) is 38.6 Å². The molecule has 6 nitrogen and oxygen atoms in total. The molecule has 1 saturated heterocycles. The highest BCUT2D eigenvalue weighted by atomic mass is 127. The Balaban J connectivity index is 0.00000625. The second-order valence-corrected chi connectivity index (χ2v) is 7.15. The van der Waals surface area contributed by atoms with Crippen LogP contribution in [0.5, 0.6) is 0 Å². The van der Waals surface area contributed by atoms with E-state index < -0.39 is 0 Å². The normalized spacial score (nSPS) is 18.8. The molecule has 1 fully saturated rings. The van der Waals surface area contributed by atoms with Gasteiger partial charge in [-0.05, 0) is 33.4 Å². The lowest BCUT2D eigenvalue weighted by atomic mass is 9.93. The van der Waals surface area contributed by atoms with Gasteiger partial charge in [0.05, 0.1) is 6.54 Å². The fraction of sp³-hybridized carbons (Fsp3) is 0.895. The van der Waals surface area contributed by atoms with Crippen LogP contribution in [0.25, 0.3) is 0 Å². The van der Waals surface area contributed by atoms with Crippen molar-refractivity contribution in [1.29, 1.82) is 0 Å². The molecular formula is C19H40IN5O. The van der Waals surface area contributed by atoms with Gasteiger partial charge in [-0.25, -0.2) is 0 Å². The Labute approximate surface area is 177 Å². The van der Waals surface area contributed by atoms with Crippen LogP contribution >= 0.6 is 24.0 Å². The molecule has 0 aromatic carbocycles. The summed E-state index contributed by atoms with van der Waals surface area (Å²) in [6, 6.07) is 0.742. The van der Waals surface area contributed by atoms with Gasteiger partial charge in [-0.3, -0.25) is 9.79 Å². The van der Waals surface area contributed by atoms with E-state index in [2.05, 4.69) is 50.4 Å². The van der Waals surface area contributed by atoms with Gasteiger partial charge < -0.3 is 20.4 Å². The van der Waals surface area contributed by atoms with Crippen molar-refractivity contribution in [2.45, 2.75) is 65.5 Å². The summed E-state index contributed by atoms with van der Waals surface area (Å²) in [7, 11) is 4.29. The van der Waals surface area contributed by atoms with Crippen LogP contribution in [0, 0.1) is 5.92 Å². The summed E-state index contributed by atoms with van der Waals surface area (Å²) in [5.41, 5.74) is 0. The first-order valence-electron chi connectivity index (χ1n) is 9.95. The minimum atomic E-state index is 0. The lowest BCUT2D eigenvalue weighted by Crippen LogP contribution is -2.46. The predicted molar refractivity (Wildman–Crippen MR) is 121 cm³/mol. The van der Waals surface area contributed by atoms with E-state index in [4.69, 9.17) is 4.99 Å². The van der Waals surface area contributed by atoms with E-state index in [1.807, 2.05) is 11.8 Å². The maximum atomic E-state index is 11.8. The molecule has 0 saturated carbocycles. The van der Waals surface area contributed by atoms with Crippen LogP contribution in [0.3, 0.4) is 0 Å². The van der Waals surface area contributed by atoms with Gasteiger partial charge in [0.2, 0.25) is 5.91 Å². The summed E-state index contributed by atoms with van der Waals surface area (Å²) in [6.45, 7) is 11.8. The van der Waals surface area contributed by atoms with Crippen LogP contribution in [0.2, 0.25) is 0 Å². The van der Waals surface area contributed by atoms with Gasteiger partial charge in [-0.1, -0.05) is 33.6 Å². The fourth-order valence-electron chi connectivity index (χ4n) is 3.59. The number of rotatable bonds is 9. The molecule has 154 valence electrons. The number of carbonyl (C=O) groups excluding carboxylic acids is 1. The smallest absolute Gasteiger partial charge is 0.222 e. The molecule has 0 aromatic heterocycles. The van der Waals surface area contributed by atoms with Gasteiger partial charge >= 0.3 is 0 Å². The molecule has 26 heavy (non-hydrogen) atoms. The molecule has 2 atom stereocenters. The van der Waals surface area contributed by atoms with Crippen molar-refractivity contribution in [3.63, 3.8) is 0 Å². The van der Waals surface area contributed by atoms with E-state index in [1.165, 1.54) is 12.8 Å². The zero-order valence-electron chi connectivity index (χ0n) is 17.5. The van der Waals surface area contributed by atoms with Crippen molar-refractivity contribution in [3.8, 4) is 0 Å². The highest BCUT2D eigenvalue weighted by molar-refractivity contribution is 14.0. The third-order valence-electron chi connectivity index (χ3n) is 5.22. The fourth-order valence-corrected chi connectivity index (χ4v) is 3.59. The van der Waals surface area contributed by atoms with E-state index in [9.17, 15) is 4.79 Å². The van der Waals surface area contributed by atoms with E-state index >= 15 is 0 Å². The third-order valence-corrected chi connectivity index (χ3v) is 5.22. The zero-order chi connectivity index (χ0) is 18.8. The number of aliphatic imine (C=N–C) groups is 1. The van der Waals surface area contributed by atoms with Crippen molar-refractivity contribution in [1.82, 2.24) is 20.4 Å². The first-order valence-corrected chi connectivity index (χ1v) is 9.95. The highest BCUT2D eigenvalue weighted by Gasteiger charge is 2.26. The summed E-state index contributed by atoms with van der Waals surface area (Å²) in [6.07, 6.45) is 3.92. The topological polar surface area (TPSA) is 60.0 Å². The SMILES string of the molecule is CCNC(=NCC(C(CC)CC)N(C)C)NC1CCN(C(=O)CC)C1.I. The summed E-state index contributed by atoms with van der Waals surface area (Å²) in [4.78, 5) is 20.9. The zero-order valence-corrected chi connectivity index (χ0v) is 19.9. The second-order valence-electron chi connectivity index (χ2n) is 7.15. The van der Waals surface area contributed by atoms with Crippen LogP contribution < -0.4 is 10.6 Å². The van der Waals surface area contributed by atoms with Crippen LogP contribution in [-0.4, -0.2) is 74.0 Å². The van der Waals surface area contributed by atoms with Crippen molar-refractivity contribution in [2.75, 3.05) is 40.3 Å². The average molecular weight is 481 g/mol. The van der Waals surface area contributed by atoms with Gasteiger partial charge in [-0.2, -0.15) is 0 Å². The molecule has 0 bridgehead atoms.